The Morgan fingerprint density at radius 2 is 1.45 bits per heavy atom. The number of nitrogens with one attached hydrogen (secondary N) is 3. The van der Waals surface area contributed by atoms with Gasteiger partial charge in [-0.25, -0.2) is 18.2 Å². The number of piperazine rings is 1. The molecule has 1 saturated heterocycles. The molecule has 3 N–H and O–H groups in total. The van der Waals surface area contributed by atoms with Crippen LogP contribution >= 0.6 is 0 Å². The van der Waals surface area contributed by atoms with Crippen molar-refractivity contribution in [3.63, 3.8) is 0 Å². The summed E-state index contributed by atoms with van der Waals surface area (Å²) in [6.45, 7) is 9.40. The highest BCUT2D eigenvalue weighted by atomic mass is 32.2. The van der Waals surface area contributed by atoms with Crippen LogP contribution in [0.25, 0.3) is 11.0 Å². The third-order valence-corrected chi connectivity index (χ3v) is 13.1. The maximum Gasteiger partial charge on any atom is 0.328 e. The minimum Gasteiger partial charge on any atom is -0.493 e. The topological polar surface area (TPSA) is 200 Å². The number of methoxy groups -OCH3 is 2. The first-order valence-electron chi connectivity index (χ1n) is 23.4. The summed E-state index contributed by atoms with van der Waals surface area (Å²) in [5.41, 5.74) is 0.802. The van der Waals surface area contributed by atoms with Crippen LogP contribution in [-0.4, -0.2) is 138 Å². The van der Waals surface area contributed by atoms with E-state index in [4.69, 9.17) is 23.7 Å². The number of benzene rings is 3. The molecule has 0 saturated carbocycles. The van der Waals surface area contributed by atoms with Gasteiger partial charge >= 0.3 is 5.69 Å². The lowest BCUT2D eigenvalue weighted by molar-refractivity contribution is -0.122. The molecule has 0 aliphatic carbocycles. The summed E-state index contributed by atoms with van der Waals surface area (Å²) in [4.78, 5) is 48.9. The largest absolute Gasteiger partial charge is 0.493 e. The Labute approximate surface area is 404 Å². The average molecular weight is 974 g/mol. The van der Waals surface area contributed by atoms with Crippen LogP contribution in [0.4, 0.5) is 11.5 Å². The number of carbonyl (C=O) groups is 2. The summed E-state index contributed by atoms with van der Waals surface area (Å²) in [5.74, 6) is 3.01. The lowest BCUT2D eigenvalue weighted by atomic mass is 10.2. The molecule has 0 radical (unpaired) electrons. The van der Waals surface area contributed by atoms with Crippen molar-refractivity contribution in [2.75, 3.05) is 103 Å². The van der Waals surface area contributed by atoms with Gasteiger partial charge in [0.25, 0.3) is 10.0 Å². The third-order valence-electron chi connectivity index (χ3n) is 11.7. The quantitative estimate of drug-likeness (QED) is 0.0595. The highest BCUT2D eigenvalue weighted by Crippen LogP contribution is 2.38. The van der Waals surface area contributed by atoms with Crippen molar-refractivity contribution in [1.82, 2.24) is 34.6 Å². The number of sulfonamides is 1. The number of amides is 2. The predicted octanol–water partition coefficient (Wildman–Crippen LogP) is 4.99. The van der Waals surface area contributed by atoms with Crippen LogP contribution in [0.5, 0.6) is 34.5 Å². The number of carbonyl (C=O) groups excluding carboxylic acids is 2. The number of likely N-dealkylation sites (N-methyl/N-ethyl adjacent to an activating group) is 1. The minimum absolute atomic E-state index is 0.0322. The fourth-order valence-electron chi connectivity index (χ4n) is 7.87. The van der Waals surface area contributed by atoms with Gasteiger partial charge in [-0.2, -0.15) is 0 Å². The molecular formula is C49H67N9O10S. The number of hydrogen-bond donors (Lipinski definition) is 3. The highest BCUT2D eigenvalue weighted by molar-refractivity contribution is 7.92. The van der Waals surface area contributed by atoms with Crippen LogP contribution in [0, 0.1) is 0 Å². The maximum atomic E-state index is 13.8. The van der Waals surface area contributed by atoms with Crippen LogP contribution in [-0.2, 0) is 33.7 Å². The van der Waals surface area contributed by atoms with Gasteiger partial charge in [0.1, 0.15) is 23.1 Å². The van der Waals surface area contributed by atoms with Gasteiger partial charge in [0.2, 0.25) is 11.8 Å². The van der Waals surface area contributed by atoms with Crippen LogP contribution < -0.4 is 49.6 Å². The molecule has 2 aromatic heterocycles. The van der Waals surface area contributed by atoms with Crippen molar-refractivity contribution in [3.05, 3.63) is 83.4 Å². The number of pyridine rings is 1. The Morgan fingerprint density at radius 3 is 2.14 bits per heavy atom. The van der Waals surface area contributed by atoms with E-state index in [-0.39, 0.29) is 46.1 Å². The van der Waals surface area contributed by atoms with E-state index in [1.807, 2.05) is 43.3 Å². The molecule has 0 bridgehead atoms. The molecule has 3 heterocycles. The zero-order valence-corrected chi connectivity index (χ0v) is 41.4. The Kier molecular flexibility index (Phi) is 18.9. The van der Waals surface area contributed by atoms with E-state index in [9.17, 15) is 22.8 Å². The second kappa shape index (κ2) is 25.2. The van der Waals surface area contributed by atoms with Gasteiger partial charge in [0.15, 0.2) is 17.2 Å². The van der Waals surface area contributed by atoms with Crippen LogP contribution in [0.3, 0.4) is 0 Å². The lowest BCUT2D eigenvalue weighted by Crippen LogP contribution is -2.48. The second-order valence-electron chi connectivity index (χ2n) is 16.9. The van der Waals surface area contributed by atoms with E-state index in [1.165, 1.54) is 41.6 Å². The third kappa shape index (κ3) is 14.7. The summed E-state index contributed by atoms with van der Waals surface area (Å²) in [6.07, 6.45) is 5.90. The summed E-state index contributed by atoms with van der Waals surface area (Å²) >= 11 is 0. The molecule has 3 aromatic carbocycles. The molecule has 69 heavy (non-hydrogen) atoms. The number of anilines is 2. The minimum atomic E-state index is -4.20. The monoisotopic (exact) mass is 973 g/mol. The Bertz CT molecular complexity index is 2650. The molecule has 1 aliphatic rings. The predicted molar refractivity (Wildman–Crippen MR) is 266 cm³/mol. The van der Waals surface area contributed by atoms with Gasteiger partial charge in [0.05, 0.1) is 55.6 Å². The first-order valence-corrected chi connectivity index (χ1v) is 24.9. The number of hydrogen-bond acceptors (Lipinski definition) is 14. The van der Waals surface area contributed by atoms with Gasteiger partial charge in [-0.3, -0.25) is 33.2 Å². The number of fused-ring (bicyclic) bond motifs is 1. The van der Waals surface area contributed by atoms with Gasteiger partial charge < -0.3 is 39.2 Å². The number of aryl methyl sites for hydroxylation is 2. The van der Waals surface area contributed by atoms with Crippen LogP contribution in [0.2, 0.25) is 0 Å². The Morgan fingerprint density at radius 1 is 0.754 bits per heavy atom. The summed E-state index contributed by atoms with van der Waals surface area (Å²) < 4.78 is 62.4. The Hall–Kier alpha value is -6.51. The molecule has 1 aliphatic heterocycles. The molecule has 1 fully saturated rings. The number of imidazole rings is 1. The zero-order valence-electron chi connectivity index (χ0n) is 40.6. The molecule has 20 heteroatoms. The van der Waals surface area contributed by atoms with Gasteiger partial charge in [0, 0.05) is 103 Å². The Balaban J connectivity index is 0.940. The lowest BCUT2D eigenvalue weighted by Gasteiger charge is -2.35. The summed E-state index contributed by atoms with van der Waals surface area (Å²) in [5, 5.41) is 5.99. The molecule has 19 nitrogen and oxygen atoms in total. The van der Waals surface area contributed by atoms with Crippen LogP contribution in [0.15, 0.2) is 82.6 Å². The van der Waals surface area contributed by atoms with Gasteiger partial charge in [-0.1, -0.05) is 13.0 Å². The standard InChI is InChI=1S/C49H67N9O10S/c1-7-27-66-36-29-37(31-38(30-36)68-44-34-42-41(55(3)49(61)56(42)4)33-40(44)53-69(62,63)39-16-17-43(64-5)45(32-39)65-6)67-28-13-12-21-54(2)35-48(60)51-19-11-9-15-47(59)52-20-22-57-23-25-58(26-24-57)46-14-8-10-18-50-46/h8,10,14,16-18,29-34,53H,7,9,11-13,15,19-28,35H2,1-6H3,(H,51,60)(H,52,59). The zero-order chi connectivity index (χ0) is 49.3. The van der Waals surface area contributed by atoms with Crippen molar-refractivity contribution >= 4 is 44.4 Å². The van der Waals surface area contributed by atoms with E-state index < -0.39 is 10.0 Å². The summed E-state index contributed by atoms with van der Waals surface area (Å²) in [6, 6.07) is 18.5. The van der Waals surface area contributed by atoms with Crippen molar-refractivity contribution in [2.45, 2.75) is 50.3 Å². The number of nitrogens with zero attached hydrogens (tertiary/aromatic N) is 6. The van der Waals surface area contributed by atoms with Crippen molar-refractivity contribution in [3.8, 4) is 34.5 Å². The molecule has 6 rings (SSSR count). The first kappa shape index (κ1) is 51.9. The normalized spacial score (nSPS) is 13.1. The molecular weight excluding hydrogens is 907 g/mol. The SMILES string of the molecule is CCCOc1cc(OCCCCN(C)CC(=O)NCCCCC(=O)NCCN2CCN(c3ccccn3)CC2)cc(Oc2cc3c(cc2NS(=O)(=O)c2ccc(OC)c(OC)c2)n(C)c(=O)n3C)c1. The van der Waals surface area contributed by atoms with E-state index in [1.54, 1.807) is 44.4 Å². The van der Waals surface area contributed by atoms with E-state index in [0.29, 0.717) is 86.1 Å². The first-order chi connectivity index (χ1) is 33.3. The number of ether oxygens (including phenoxy) is 5. The van der Waals surface area contributed by atoms with Gasteiger partial charge in [-0.05, 0) is 76.0 Å². The molecule has 2 amide bonds. The second-order valence-corrected chi connectivity index (χ2v) is 18.6. The molecule has 0 unspecified atom stereocenters. The maximum absolute atomic E-state index is 13.8. The smallest absolute Gasteiger partial charge is 0.328 e. The van der Waals surface area contributed by atoms with Crippen molar-refractivity contribution in [2.24, 2.45) is 14.1 Å². The molecule has 5 aromatic rings. The number of unbranched alkanes of at least 4 members (excludes halogenated alkanes) is 2. The number of rotatable bonds is 27. The van der Waals surface area contributed by atoms with Crippen molar-refractivity contribution < 1.29 is 41.7 Å². The summed E-state index contributed by atoms with van der Waals surface area (Å²) in [7, 11) is 3.81. The van der Waals surface area contributed by atoms with Gasteiger partial charge in [-0.15, -0.1) is 0 Å². The average Bonchev–Trinajstić information content (AvgIpc) is 3.55. The van der Waals surface area contributed by atoms with E-state index in [0.717, 1.165) is 57.8 Å². The fraction of sp³-hybridized carbons (Fsp3) is 0.469. The fourth-order valence-corrected chi connectivity index (χ4v) is 8.95. The van der Waals surface area contributed by atoms with E-state index >= 15 is 0 Å². The van der Waals surface area contributed by atoms with Crippen LogP contribution in [0.1, 0.15) is 45.4 Å². The molecule has 0 atom stereocenters. The molecule has 374 valence electrons. The number of aromatic nitrogens is 3. The molecule has 0 spiro atoms. The highest BCUT2D eigenvalue weighted by Gasteiger charge is 2.23. The van der Waals surface area contributed by atoms with E-state index in [2.05, 4.69) is 30.1 Å². The van der Waals surface area contributed by atoms with Crippen molar-refractivity contribution in [1.29, 1.82) is 0 Å².